The molecule has 0 spiro atoms. The monoisotopic (exact) mass is 325 g/mol. The van der Waals surface area contributed by atoms with Crippen molar-refractivity contribution in [2.24, 2.45) is 5.41 Å². The number of rotatable bonds is 3. The van der Waals surface area contributed by atoms with Crippen molar-refractivity contribution >= 4 is 21.7 Å². The predicted octanol–water partition coefficient (Wildman–Crippen LogP) is 2.72. The number of hydrogen-bond donors (Lipinski definition) is 1. The fourth-order valence-corrected chi connectivity index (χ4v) is 2.79. The minimum Gasteiger partial charge on any atom is -0.392 e. The Morgan fingerprint density at radius 3 is 2.63 bits per heavy atom. The molecule has 1 aliphatic heterocycles. The molecule has 0 saturated carbocycles. The normalized spacial score (nSPS) is 23.3. The van der Waals surface area contributed by atoms with Crippen LogP contribution in [0.2, 0.25) is 0 Å². The van der Waals surface area contributed by atoms with Crippen LogP contribution in [-0.4, -0.2) is 41.5 Å². The van der Waals surface area contributed by atoms with Crippen molar-refractivity contribution in [2.75, 3.05) is 19.6 Å². The van der Waals surface area contributed by atoms with Gasteiger partial charge in [0.05, 0.1) is 12.6 Å². The van der Waals surface area contributed by atoms with Crippen LogP contribution in [0.25, 0.3) is 0 Å². The number of benzene rings is 1. The second-order valence-electron chi connectivity index (χ2n) is 5.93. The number of ketones is 1. The number of aliphatic hydroxyl groups excluding tert-OH is 1. The van der Waals surface area contributed by atoms with E-state index in [9.17, 15) is 9.90 Å². The highest BCUT2D eigenvalue weighted by Crippen LogP contribution is 2.29. The summed E-state index contributed by atoms with van der Waals surface area (Å²) in [7, 11) is 0. The third-order valence-corrected chi connectivity index (χ3v) is 4.31. The molecule has 1 unspecified atom stereocenters. The number of aliphatic hydroxyl groups is 1. The third-order valence-electron chi connectivity index (χ3n) is 3.79. The van der Waals surface area contributed by atoms with Gasteiger partial charge in [-0.25, -0.2) is 0 Å². The summed E-state index contributed by atoms with van der Waals surface area (Å²) in [6.45, 7) is 6.07. The Kier molecular flexibility index (Phi) is 4.43. The summed E-state index contributed by atoms with van der Waals surface area (Å²) in [6, 6.07) is 7.46. The van der Waals surface area contributed by atoms with Crippen LogP contribution in [0.4, 0.5) is 0 Å². The average molecular weight is 326 g/mol. The van der Waals surface area contributed by atoms with Crippen molar-refractivity contribution in [1.82, 2.24) is 4.90 Å². The topological polar surface area (TPSA) is 40.5 Å². The van der Waals surface area contributed by atoms with Gasteiger partial charge in [-0.3, -0.25) is 9.69 Å². The largest absolute Gasteiger partial charge is 0.392 e. The van der Waals surface area contributed by atoms with Gasteiger partial charge in [0.1, 0.15) is 0 Å². The zero-order valence-corrected chi connectivity index (χ0v) is 13.0. The lowest BCUT2D eigenvalue weighted by Crippen LogP contribution is -2.49. The summed E-state index contributed by atoms with van der Waals surface area (Å²) >= 11 is 3.37. The van der Waals surface area contributed by atoms with Crippen molar-refractivity contribution in [1.29, 1.82) is 0 Å². The first-order chi connectivity index (χ1) is 8.88. The van der Waals surface area contributed by atoms with Gasteiger partial charge in [-0.15, -0.1) is 0 Å². The van der Waals surface area contributed by atoms with Gasteiger partial charge >= 0.3 is 0 Å². The molecule has 1 atom stereocenters. The molecule has 19 heavy (non-hydrogen) atoms. The van der Waals surface area contributed by atoms with E-state index < -0.39 is 0 Å². The van der Waals surface area contributed by atoms with Crippen molar-refractivity contribution in [3.05, 3.63) is 34.3 Å². The molecule has 104 valence electrons. The first-order valence-electron chi connectivity index (χ1n) is 6.58. The number of halogens is 1. The van der Waals surface area contributed by atoms with Crippen LogP contribution in [0.15, 0.2) is 28.7 Å². The molecular formula is C15H20BrNO2. The van der Waals surface area contributed by atoms with E-state index in [2.05, 4.69) is 20.8 Å². The molecule has 4 heteroatoms. The maximum absolute atomic E-state index is 12.2. The number of carbonyl (C=O) groups excluding carboxylic acids is 1. The Morgan fingerprint density at radius 2 is 2.05 bits per heavy atom. The maximum Gasteiger partial charge on any atom is 0.176 e. The molecule has 0 amide bonds. The highest BCUT2D eigenvalue weighted by molar-refractivity contribution is 9.10. The van der Waals surface area contributed by atoms with E-state index in [1.165, 1.54) is 0 Å². The van der Waals surface area contributed by atoms with Gasteiger partial charge in [0, 0.05) is 28.5 Å². The first-order valence-corrected chi connectivity index (χ1v) is 7.37. The Hall–Kier alpha value is -0.710. The summed E-state index contributed by atoms with van der Waals surface area (Å²) in [5.41, 5.74) is 0.602. The maximum atomic E-state index is 12.2. The fraction of sp³-hybridized carbons (Fsp3) is 0.533. The molecule has 2 rings (SSSR count). The molecule has 1 N–H and O–H groups in total. The third kappa shape index (κ3) is 3.65. The Morgan fingerprint density at radius 1 is 1.42 bits per heavy atom. The number of nitrogens with zero attached hydrogens (tertiary/aromatic N) is 1. The number of likely N-dealkylation sites (tertiary alicyclic amines) is 1. The van der Waals surface area contributed by atoms with Gasteiger partial charge in [-0.2, -0.15) is 0 Å². The van der Waals surface area contributed by atoms with E-state index in [0.717, 1.165) is 29.5 Å². The lowest BCUT2D eigenvalue weighted by molar-refractivity contribution is -0.0223. The van der Waals surface area contributed by atoms with Crippen LogP contribution in [-0.2, 0) is 0 Å². The van der Waals surface area contributed by atoms with E-state index in [1.807, 2.05) is 38.1 Å². The second kappa shape index (κ2) is 5.73. The lowest BCUT2D eigenvalue weighted by Gasteiger charge is -2.41. The van der Waals surface area contributed by atoms with Crippen molar-refractivity contribution in [2.45, 2.75) is 26.4 Å². The van der Waals surface area contributed by atoms with Gasteiger partial charge in [-0.05, 0) is 18.6 Å². The lowest BCUT2D eigenvalue weighted by atomic mass is 9.81. The highest BCUT2D eigenvalue weighted by atomic mass is 79.9. The van der Waals surface area contributed by atoms with Gasteiger partial charge in [-0.1, -0.05) is 41.9 Å². The molecule has 0 aromatic heterocycles. The highest BCUT2D eigenvalue weighted by Gasteiger charge is 2.34. The number of carbonyl (C=O) groups is 1. The Bertz CT molecular complexity index is 456. The number of Topliss-reactive ketones (excluding diaryl/α,β-unsaturated/α-hetero) is 1. The van der Waals surface area contributed by atoms with Crippen molar-refractivity contribution in [3.63, 3.8) is 0 Å². The van der Waals surface area contributed by atoms with E-state index in [4.69, 9.17) is 0 Å². The minimum atomic E-state index is -0.272. The summed E-state index contributed by atoms with van der Waals surface area (Å²) in [6.07, 6.45) is 0.465. The van der Waals surface area contributed by atoms with Gasteiger partial charge in [0.25, 0.3) is 0 Å². The SMILES string of the molecule is CC1(C)CN(CC(=O)c2ccc(Br)cc2)CCC1O. The van der Waals surface area contributed by atoms with Crippen LogP contribution in [0, 0.1) is 5.41 Å². The molecule has 1 aromatic rings. The van der Waals surface area contributed by atoms with Crippen LogP contribution in [0.3, 0.4) is 0 Å². The first kappa shape index (κ1) is 14.7. The smallest absolute Gasteiger partial charge is 0.176 e. The average Bonchev–Trinajstić information content (AvgIpc) is 2.34. The summed E-state index contributed by atoms with van der Waals surface area (Å²) < 4.78 is 0.978. The number of hydrogen-bond acceptors (Lipinski definition) is 3. The Labute approximate surface area is 122 Å². The van der Waals surface area contributed by atoms with E-state index in [1.54, 1.807) is 0 Å². The molecule has 0 bridgehead atoms. The number of piperidine rings is 1. The van der Waals surface area contributed by atoms with E-state index in [0.29, 0.717) is 6.54 Å². The summed E-state index contributed by atoms with van der Waals surface area (Å²) in [5, 5.41) is 9.92. The molecule has 0 radical (unpaired) electrons. The van der Waals surface area contributed by atoms with E-state index in [-0.39, 0.29) is 17.3 Å². The standard InChI is InChI=1S/C15H20BrNO2/c1-15(2)10-17(8-7-14(15)19)9-13(18)11-3-5-12(16)6-4-11/h3-6,14,19H,7-10H2,1-2H3. The molecular weight excluding hydrogens is 306 g/mol. The van der Waals surface area contributed by atoms with Crippen LogP contribution in [0.5, 0.6) is 0 Å². The van der Waals surface area contributed by atoms with Crippen molar-refractivity contribution < 1.29 is 9.90 Å². The van der Waals surface area contributed by atoms with Gasteiger partial charge < -0.3 is 5.11 Å². The van der Waals surface area contributed by atoms with E-state index >= 15 is 0 Å². The fourth-order valence-electron chi connectivity index (χ4n) is 2.52. The zero-order chi connectivity index (χ0) is 14.0. The van der Waals surface area contributed by atoms with Gasteiger partial charge in [0.15, 0.2) is 5.78 Å². The summed E-state index contributed by atoms with van der Waals surface area (Å²) in [4.78, 5) is 14.3. The molecule has 1 aromatic carbocycles. The molecule has 1 heterocycles. The molecule has 1 saturated heterocycles. The minimum absolute atomic E-state index is 0.139. The van der Waals surface area contributed by atoms with Crippen LogP contribution in [0.1, 0.15) is 30.6 Å². The molecule has 0 aliphatic carbocycles. The predicted molar refractivity (Wildman–Crippen MR) is 79.3 cm³/mol. The molecule has 3 nitrogen and oxygen atoms in total. The molecule has 1 fully saturated rings. The van der Waals surface area contributed by atoms with Crippen LogP contribution >= 0.6 is 15.9 Å². The van der Waals surface area contributed by atoms with Crippen LogP contribution < -0.4 is 0 Å². The quantitative estimate of drug-likeness (QED) is 0.869. The second-order valence-corrected chi connectivity index (χ2v) is 6.85. The molecule has 1 aliphatic rings. The summed E-state index contributed by atoms with van der Waals surface area (Å²) in [5.74, 6) is 0.139. The van der Waals surface area contributed by atoms with Gasteiger partial charge in [0.2, 0.25) is 0 Å². The Balaban J connectivity index is 1.98. The zero-order valence-electron chi connectivity index (χ0n) is 11.4. The van der Waals surface area contributed by atoms with Crippen molar-refractivity contribution in [3.8, 4) is 0 Å².